The second kappa shape index (κ2) is 4.57. The van der Waals surface area contributed by atoms with E-state index in [1.807, 2.05) is 0 Å². The molecule has 1 saturated carbocycles. The molecule has 18 heavy (non-hydrogen) atoms. The van der Waals surface area contributed by atoms with Gasteiger partial charge in [-0.1, -0.05) is 0 Å². The Balaban J connectivity index is 1.68. The molecule has 2 aliphatic rings. The number of pyridine rings is 1. The molecular weight excluding hydrogens is 232 g/mol. The third-order valence-corrected chi connectivity index (χ3v) is 3.58. The SMILES string of the molecule is O=C(NC1CCOC1C1CC1)c1cc[nH]c(=O)c1. The van der Waals surface area contributed by atoms with Gasteiger partial charge in [0.05, 0.1) is 12.1 Å². The summed E-state index contributed by atoms with van der Waals surface area (Å²) in [6.45, 7) is 0.710. The number of aromatic amines is 1. The normalized spacial score (nSPS) is 27.1. The molecule has 1 saturated heterocycles. The molecule has 2 N–H and O–H groups in total. The van der Waals surface area contributed by atoms with Crippen LogP contribution in [-0.2, 0) is 4.74 Å². The first-order valence-electron chi connectivity index (χ1n) is 6.35. The number of aromatic nitrogens is 1. The van der Waals surface area contributed by atoms with Crippen LogP contribution in [0, 0.1) is 5.92 Å². The fraction of sp³-hybridized carbons (Fsp3) is 0.538. The number of carbonyl (C=O) groups is 1. The molecule has 1 aliphatic heterocycles. The number of hydrogen-bond donors (Lipinski definition) is 2. The van der Waals surface area contributed by atoms with E-state index in [4.69, 9.17) is 4.74 Å². The Morgan fingerprint density at radius 3 is 2.94 bits per heavy atom. The summed E-state index contributed by atoms with van der Waals surface area (Å²) in [5.41, 5.74) is 0.143. The summed E-state index contributed by atoms with van der Waals surface area (Å²) in [6.07, 6.45) is 4.90. The lowest BCUT2D eigenvalue weighted by Gasteiger charge is -2.19. The number of H-pyrrole nitrogens is 1. The highest BCUT2D eigenvalue weighted by atomic mass is 16.5. The monoisotopic (exact) mass is 248 g/mol. The molecular formula is C13H16N2O3. The molecule has 0 bridgehead atoms. The maximum Gasteiger partial charge on any atom is 0.251 e. The average Bonchev–Trinajstić information content (AvgIpc) is 3.10. The largest absolute Gasteiger partial charge is 0.376 e. The van der Waals surface area contributed by atoms with E-state index < -0.39 is 0 Å². The van der Waals surface area contributed by atoms with Crippen LogP contribution in [-0.4, -0.2) is 29.6 Å². The van der Waals surface area contributed by atoms with Crippen molar-refractivity contribution >= 4 is 5.91 Å². The Morgan fingerprint density at radius 1 is 1.39 bits per heavy atom. The predicted octanol–water partition coefficient (Wildman–Crippen LogP) is 0.672. The minimum Gasteiger partial charge on any atom is -0.376 e. The van der Waals surface area contributed by atoms with E-state index in [2.05, 4.69) is 10.3 Å². The smallest absolute Gasteiger partial charge is 0.251 e. The maximum atomic E-state index is 12.0. The lowest BCUT2D eigenvalue weighted by atomic mass is 10.1. The maximum absolute atomic E-state index is 12.0. The second-order valence-corrected chi connectivity index (χ2v) is 4.98. The Kier molecular flexibility index (Phi) is 2.91. The average molecular weight is 248 g/mol. The summed E-state index contributed by atoms with van der Waals surface area (Å²) in [4.78, 5) is 25.7. The van der Waals surface area contributed by atoms with Crippen LogP contribution in [0.25, 0.3) is 0 Å². The van der Waals surface area contributed by atoms with Crippen molar-refractivity contribution in [2.24, 2.45) is 5.92 Å². The van der Waals surface area contributed by atoms with Gasteiger partial charge in [-0.2, -0.15) is 0 Å². The molecule has 2 heterocycles. The second-order valence-electron chi connectivity index (χ2n) is 4.98. The quantitative estimate of drug-likeness (QED) is 0.826. The highest BCUT2D eigenvalue weighted by molar-refractivity contribution is 5.94. The summed E-state index contributed by atoms with van der Waals surface area (Å²) in [6, 6.07) is 3.01. The van der Waals surface area contributed by atoms with Gasteiger partial charge in [-0.15, -0.1) is 0 Å². The van der Waals surface area contributed by atoms with E-state index in [1.54, 1.807) is 6.07 Å². The molecule has 3 rings (SSSR count). The molecule has 1 amide bonds. The lowest BCUT2D eigenvalue weighted by molar-refractivity contribution is 0.0729. The third-order valence-electron chi connectivity index (χ3n) is 3.58. The third kappa shape index (κ3) is 2.31. The highest BCUT2D eigenvalue weighted by Gasteiger charge is 2.41. The molecule has 5 heteroatoms. The van der Waals surface area contributed by atoms with Gasteiger partial charge in [0.1, 0.15) is 0 Å². The van der Waals surface area contributed by atoms with Crippen molar-refractivity contribution in [3.63, 3.8) is 0 Å². The van der Waals surface area contributed by atoms with Gasteiger partial charge in [0, 0.05) is 24.4 Å². The summed E-state index contributed by atoms with van der Waals surface area (Å²) >= 11 is 0. The molecule has 1 aromatic heterocycles. The van der Waals surface area contributed by atoms with Crippen molar-refractivity contribution in [3.05, 3.63) is 34.2 Å². The van der Waals surface area contributed by atoms with E-state index >= 15 is 0 Å². The molecule has 1 aliphatic carbocycles. The zero-order valence-corrected chi connectivity index (χ0v) is 10.0. The lowest BCUT2D eigenvalue weighted by Crippen LogP contribution is -2.41. The van der Waals surface area contributed by atoms with Crippen LogP contribution < -0.4 is 10.9 Å². The Labute approximate surface area is 105 Å². The molecule has 0 spiro atoms. The van der Waals surface area contributed by atoms with Gasteiger partial charge in [0.2, 0.25) is 5.56 Å². The first-order valence-corrected chi connectivity index (χ1v) is 6.35. The van der Waals surface area contributed by atoms with E-state index in [1.165, 1.54) is 25.1 Å². The van der Waals surface area contributed by atoms with Crippen molar-refractivity contribution in [1.29, 1.82) is 0 Å². The summed E-state index contributed by atoms with van der Waals surface area (Å²) < 4.78 is 5.67. The molecule has 2 atom stereocenters. The highest BCUT2D eigenvalue weighted by Crippen LogP contribution is 2.38. The molecule has 0 radical (unpaired) electrons. The van der Waals surface area contributed by atoms with Crippen LogP contribution in [0.15, 0.2) is 23.1 Å². The van der Waals surface area contributed by atoms with Gasteiger partial charge in [0.25, 0.3) is 5.91 Å². The van der Waals surface area contributed by atoms with E-state index in [0.717, 1.165) is 6.42 Å². The number of carbonyl (C=O) groups excluding carboxylic acids is 1. The first kappa shape index (κ1) is 11.5. The van der Waals surface area contributed by atoms with E-state index in [9.17, 15) is 9.59 Å². The number of amides is 1. The molecule has 1 aromatic rings. The van der Waals surface area contributed by atoms with E-state index in [-0.39, 0.29) is 23.6 Å². The number of hydrogen-bond acceptors (Lipinski definition) is 3. The van der Waals surface area contributed by atoms with Gasteiger partial charge in [-0.3, -0.25) is 9.59 Å². The van der Waals surface area contributed by atoms with Crippen molar-refractivity contribution in [2.75, 3.05) is 6.61 Å². The van der Waals surface area contributed by atoms with Gasteiger partial charge in [0.15, 0.2) is 0 Å². The van der Waals surface area contributed by atoms with Gasteiger partial charge in [-0.25, -0.2) is 0 Å². The van der Waals surface area contributed by atoms with Gasteiger partial charge >= 0.3 is 0 Å². The van der Waals surface area contributed by atoms with Crippen molar-refractivity contribution in [2.45, 2.75) is 31.4 Å². The molecule has 2 fully saturated rings. The van der Waals surface area contributed by atoms with Crippen LogP contribution in [0.5, 0.6) is 0 Å². The van der Waals surface area contributed by atoms with Crippen LogP contribution >= 0.6 is 0 Å². The first-order chi connectivity index (χ1) is 8.74. The zero-order chi connectivity index (χ0) is 12.5. The minimum absolute atomic E-state index is 0.0873. The topological polar surface area (TPSA) is 71.2 Å². The predicted molar refractivity (Wildman–Crippen MR) is 65.4 cm³/mol. The van der Waals surface area contributed by atoms with Crippen molar-refractivity contribution in [1.82, 2.24) is 10.3 Å². The summed E-state index contributed by atoms with van der Waals surface area (Å²) in [7, 11) is 0. The van der Waals surface area contributed by atoms with Crippen molar-refractivity contribution < 1.29 is 9.53 Å². The number of nitrogens with one attached hydrogen (secondary N) is 2. The molecule has 96 valence electrons. The summed E-state index contributed by atoms with van der Waals surface area (Å²) in [5.74, 6) is 0.416. The van der Waals surface area contributed by atoms with Crippen molar-refractivity contribution in [3.8, 4) is 0 Å². The molecule has 5 nitrogen and oxygen atoms in total. The van der Waals surface area contributed by atoms with Gasteiger partial charge in [-0.05, 0) is 31.2 Å². The molecule has 0 aromatic carbocycles. The van der Waals surface area contributed by atoms with E-state index in [0.29, 0.717) is 18.1 Å². The van der Waals surface area contributed by atoms with Crippen LogP contribution in [0.4, 0.5) is 0 Å². The zero-order valence-electron chi connectivity index (χ0n) is 10.0. The summed E-state index contributed by atoms with van der Waals surface area (Å²) in [5, 5.41) is 2.98. The fourth-order valence-electron chi connectivity index (χ4n) is 2.49. The Morgan fingerprint density at radius 2 is 2.22 bits per heavy atom. The number of ether oxygens (including phenoxy) is 1. The fourth-order valence-corrected chi connectivity index (χ4v) is 2.49. The number of rotatable bonds is 3. The van der Waals surface area contributed by atoms with Crippen LogP contribution in [0.2, 0.25) is 0 Å². The standard InChI is InChI=1S/C13H16N2O3/c16-11-7-9(3-5-14-11)13(17)15-10-4-6-18-12(10)8-1-2-8/h3,5,7-8,10,12H,1-2,4,6H2,(H,14,16)(H,15,17). The Hall–Kier alpha value is -1.62. The van der Waals surface area contributed by atoms with Crippen LogP contribution in [0.3, 0.4) is 0 Å². The van der Waals surface area contributed by atoms with Gasteiger partial charge < -0.3 is 15.0 Å². The Bertz CT molecular complexity index is 507. The van der Waals surface area contributed by atoms with Crippen LogP contribution in [0.1, 0.15) is 29.6 Å². The minimum atomic E-state index is -0.260. The molecule has 2 unspecified atom stereocenters.